The van der Waals surface area contributed by atoms with E-state index in [2.05, 4.69) is 17.3 Å². The standard InChI is InChI=1S/C15H30N2O/c1-16-15(7-4-3-5-8-15)9-11-17-10-6-14(12-17)13-18-2/h14,16H,3-13H2,1-2H3. The van der Waals surface area contributed by atoms with E-state index in [4.69, 9.17) is 4.74 Å². The summed E-state index contributed by atoms with van der Waals surface area (Å²) in [7, 11) is 3.98. The van der Waals surface area contributed by atoms with Crippen LogP contribution in [0.15, 0.2) is 0 Å². The predicted molar refractivity (Wildman–Crippen MR) is 75.9 cm³/mol. The zero-order valence-electron chi connectivity index (χ0n) is 12.2. The first-order valence-corrected chi connectivity index (χ1v) is 7.68. The lowest BCUT2D eigenvalue weighted by Crippen LogP contribution is -2.46. The lowest BCUT2D eigenvalue weighted by molar-refractivity contribution is 0.149. The Morgan fingerprint density at radius 3 is 2.72 bits per heavy atom. The van der Waals surface area contributed by atoms with E-state index in [-0.39, 0.29) is 0 Å². The van der Waals surface area contributed by atoms with E-state index in [1.54, 1.807) is 0 Å². The molecule has 0 amide bonds. The number of methoxy groups -OCH3 is 1. The van der Waals surface area contributed by atoms with Gasteiger partial charge in [-0.1, -0.05) is 19.3 Å². The highest BCUT2D eigenvalue weighted by atomic mass is 16.5. The van der Waals surface area contributed by atoms with Crippen LogP contribution in [0.1, 0.15) is 44.9 Å². The van der Waals surface area contributed by atoms with Gasteiger partial charge in [-0.2, -0.15) is 0 Å². The Balaban J connectivity index is 1.73. The molecule has 3 nitrogen and oxygen atoms in total. The maximum absolute atomic E-state index is 5.27. The third-order valence-corrected chi connectivity index (χ3v) is 5.02. The van der Waals surface area contributed by atoms with Crippen molar-refractivity contribution in [3.8, 4) is 0 Å². The molecular formula is C15H30N2O. The molecule has 106 valence electrons. The second-order valence-corrected chi connectivity index (χ2v) is 6.25. The van der Waals surface area contributed by atoms with Crippen molar-refractivity contribution in [3.63, 3.8) is 0 Å². The molecule has 1 heterocycles. The van der Waals surface area contributed by atoms with Crippen LogP contribution >= 0.6 is 0 Å². The average molecular weight is 254 g/mol. The molecule has 0 aromatic heterocycles. The summed E-state index contributed by atoms with van der Waals surface area (Å²) < 4.78 is 5.27. The molecule has 1 atom stereocenters. The molecule has 2 fully saturated rings. The molecule has 18 heavy (non-hydrogen) atoms. The predicted octanol–water partition coefficient (Wildman–Crippen LogP) is 2.27. The summed E-state index contributed by atoms with van der Waals surface area (Å²) in [6.45, 7) is 4.72. The maximum Gasteiger partial charge on any atom is 0.0503 e. The zero-order chi connectivity index (χ0) is 12.8. The van der Waals surface area contributed by atoms with Gasteiger partial charge in [0, 0.05) is 19.2 Å². The first kappa shape index (κ1) is 14.3. The van der Waals surface area contributed by atoms with Crippen LogP contribution < -0.4 is 5.32 Å². The Morgan fingerprint density at radius 2 is 2.06 bits per heavy atom. The Hall–Kier alpha value is -0.120. The van der Waals surface area contributed by atoms with Gasteiger partial charge in [0.05, 0.1) is 6.61 Å². The third kappa shape index (κ3) is 3.69. The molecule has 0 spiro atoms. The van der Waals surface area contributed by atoms with E-state index in [0.29, 0.717) is 5.54 Å². The summed E-state index contributed by atoms with van der Waals surface area (Å²) in [4.78, 5) is 2.64. The van der Waals surface area contributed by atoms with Crippen LogP contribution in [0.5, 0.6) is 0 Å². The molecule has 2 rings (SSSR count). The minimum atomic E-state index is 0.442. The van der Waals surface area contributed by atoms with Gasteiger partial charge in [-0.05, 0) is 51.7 Å². The second-order valence-electron chi connectivity index (χ2n) is 6.25. The van der Waals surface area contributed by atoms with Crippen LogP contribution in [0.4, 0.5) is 0 Å². The Kier molecular flexibility index (Phi) is 5.46. The van der Waals surface area contributed by atoms with Crippen LogP contribution in [0.25, 0.3) is 0 Å². The van der Waals surface area contributed by atoms with Gasteiger partial charge >= 0.3 is 0 Å². The maximum atomic E-state index is 5.27. The van der Waals surface area contributed by atoms with Crippen LogP contribution in [-0.4, -0.2) is 50.8 Å². The fourth-order valence-electron chi connectivity index (χ4n) is 3.71. The quantitative estimate of drug-likeness (QED) is 0.787. The summed E-state index contributed by atoms with van der Waals surface area (Å²) >= 11 is 0. The average Bonchev–Trinajstić information content (AvgIpc) is 2.86. The van der Waals surface area contributed by atoms with Crippen LogP contribution in [0.2, 0.25) is 0 Å². The fourth-order valence-corrected chi connectivity index (χ4v) is 3.71. The number of rotatable bonds is 6. The topological polar surface area (TPSA) is 24.5 Å². The van der Waals surface area contributed by atoms with Crippen LogP contribution in [-0.2, 0) is 4.74 Å². The Labute approximate surface area is 112 Å². The fraction of sp³-hybridized carbons (Fsp3) is 1.00. The van der Waals surface area contributed by atoms with E-state index in [0.717, 1.165) is 12.5 Å². The summed E-state index contributed by atoms with van der Waals surface area (Å²) in [5.41, 5.74) is 0.442. The molecule has 2 aliphatic rings. The van der Waals surface area contributed by atoms with Gasteiger partial charge in [0.1, 0.15) is 0 Å². The van der Waals surface area contributed by atoms with Crippen molar-refractivity contribution in [2.75, 3.05) is 40.4 Å². The second kappa shape index (κ2) is 6.88. The molecular weight excluding hydrogens is 224 g/mol. The molecule has 1 unspecified atom stereocenters. The van der Waals surface area contributed by atoms with Gasteiger partial charge in [-0.3, -0.25) is 0 Å². The molecule has 3 heteroatoms. The van der Waals surface area contributed by atoms with Crippen LogP contribution in [0.3, 0.4) is 0 Å². The van der Waals surface area contributed by atoms with Crippen molar-refractivity contribution >= 4 is 0 Å². The van der Waals surface area contributed by atoms with E-state index in [1.165, 1.54) is 64.6 Å². The number of nitrogens with zero attached hydrogens (tertiary/aromatic N) is 1. The molecule has 0 aromatic rings. The molecule has 1 N–H and O–H groups in total. The van der Waals surface area contributed by atoms with Gasteiger partial charge in [-0.25, -0.2) is 0 Å². The summed E-state index contributed by atoms with van der Waals surface area (Å²) in [5.74, 6) is 0.770. The Bertz CT molecular complexity index is 239. The van der Waals surface area contributed by atoms with Crippen molar-refractivity contribution < 1.29 is 4.74 Å². The summed E-state index contributed by atoms with van der Waals surface area (Å²) in [5, 5.41) is 3.63. The van der Waals surface area contributed by atoms with Gasteiger partial charge < -0.3 is 15.0 Å². The molecule has 1 saturated carbocycles. The highest BCUT2D eigenvalue weighted by Crippen LogP contribution is 2.31. The minimum Gasteiger partial charge on any atom is -0.384 e. The number of likely N-dealkylation sites (tertiary alicyclic amines) is 1. The van der Waals surface area contributed by atoms with Crippen molar-refractivity contribution in [1.29, 1.82) is 0 Å². The smallest absolute Gasteiger partial charge is 0.0503 e. The van der Waals surface area contributed by atoms with Gasteiger partial charge in [0.25, 0.3) is 0 Å². The van der Waals surface area contributed by atoms with Gasteiger partial charge in [0.2, 0.25) is 0 Å². The monoisotopic (exact) mass is 254 g/mol. The number of hydrogen-bond acceptors (Lipinski definition) is 3. The molecule has 1 aliphatic heterocycles. The van der Waals surface area contributed by atoms with Crippen molar-refractivity contribution in [2.24, 2.45) is 5.92 Å². The molecule has 0 radical (unpaired) electrons. The number of hydrogen-bond donors (Lipinski definition) is 1. The van der Waals surface area contributed by atoms with Gasteiger partial charge in [0.15, 0.2) is 0 Å². The Morgan fingerprint density at radius 1 is 1.28 bits per heavy atom. The number of ether oxygens (including phenoxy) is 1. The molecule has 1 aliphatic carbocycles. The van der Waals surface area contributed by atoms with E-state index < -0.39 is 0 Å². The summed E-state index contributed by atoms with van der Waals surface area (Å²) in [6.07, 6.45) is 9.64. The lowest BCUT2D eigenvalue weighted by Gasteiger charge is -2.38. The molecule has 0 bridgehead atoms. The SMILES string of the molecule is CNC1(CCN2CCC(COC)C2)CCCCC1. The normalized spacial score (nSPS) is 28.7. The molecule has 0 aromatic carbocycles. The summed E-state index contributed by atoms with van der Waals surface area (Å²) in [6, 6.07) is 0. The van der Waals surface area contributed by atoms with Crippen molar-refractivity contribution in [2.45, 2.75) is 50.5 Å². The third-order valence-electron chi connectivity index (χ3n) is 5.02. The van der Waals surface area contributed by atoms with Gasteiger partial charge in [-0.15, -0.1) is 0 Å². The van der Waals surface area contributed by atoms with E-state index in [1.807, 2.05) is 7.11 Å². The van der Waals surface area contributed by atoms with Crippen molar-refractivity contribution in [3.05, 3.63) is 0 Å². The first-order valence-electron chi connectivity index (χ1n) is 7.68. The highest BCUT2D eigenvalue weighted by molar-refractivity contribution is 4.91. The first-order chi connectivity index (χ1) is 8.78. The van der Waals surface area contributed by atoms with E-state index in [9.17, 15) is 0 Å². The van der Waals surface area contributed by atoms with Crippen LogP contribution in [0, 0.1) is 5.92 Å². The molecule has 1 saturated heterocycles. The van der Waals surface area contributed by atoms with E-state index >= 15 is 0 Å². The lowest BCUT2D eigenvalue weighted by atomic mass is 9.79. The number of nitrogens with one attached hydrogen (secondary N) is 1. The highest BCUT2D eigenvalue weighted by Gasteiger charge is 2.31. The largest absolute Gasteiger partial charge is 0.384 e. The minimum absolute atomic E-state index is 0.442. The zero-order valence-corrected chi connectivity index (χ0v) is 12.2. The van der Waals surface area contributed by atoms with Crippen molar-refractivity contribution in [1.82, 2.24) is 10.2 Å².